The fraction of sp³-hybridized carbons (Fsp3) is 0.389. The standard InChI is InChI=1S/C18H22N4O2S/c1-12(13-3-4-13)20-17(24)14-5-7-15(8-6-14)21-16(23)11-25-18-19-9-10-22(18)2/h5-10,12-13H,3-4,11H2,1-2H3,(H,20,24)(H,21,23)/t12-/m0/s1. The number of thioether (sulfide) groups is 1. The molecule has 0 saturated heterocycles. The van der Waals surface area contributed by atoms with E-state index in [0.29, 0.717) is 17.2 Å². The van der Waals surface area contributed by atoms with E-state index in [1.165, 1.54) is 24.6 Å². The van der Waals surface area contributed by atoms with Crippen LogP contribution >= 0.6 is 11.8 Å². The number of hydrogen-bond acceptors (Lipinski definition) is 4. The highest BCUT2D eigenvalue weighted by molar-refractivity contribution is 7.99. The topological polar surface area (TPSA) is 76.0 Å². The van der Waals surface area contributed by atoms with Gasteiger partial charge in [0.2, 0.25) is 5.91 Å². The zero-order chi connectivity index (χ0) is 17.8. The van der Waals surface area contributed by atoms with E-state index in [0.717, 1.165) is 5.16 Å². The van der Waals surface area contributed by atoms with Gasteiger partial charge in [-0.3, -0.25) is 9.59 Å². The molecule has 6 nitrogen and oxygen atoms in total. The summed E-state index contributed by atoms with van der Waals surface area (Å²) in [5.74, 6) is 0.736. The first-order chi connectivity index (χ1) is 12.0. The van der Waals surface area contributed by atoms with E-state index >= 15 is 0 Å². The van der Waals surface area contributed by atoms with Crippen molar-refractivity contribution in [1.29, 1.82) is 0 Å². The highest BCUT2D eigenvalue weighted by Crippen LogP contribution is 2.32. The molecule has 1 saturated carbocycles. The molecule has 2 amide bonds. The first-order valence-electron chi connectivity index (χ1n) is 8.34. The number of hydrogen-bond donors (Lipinski definition) is 2. The average Bonchev–Trinajstić information content (AvgIpc) is 3.36. The molecule has 1 aliphatic carbocycles. The van der Waals surface area contributed by atoms with E-state index in [1.54, 1.807) is 30.5 Å². The van der Waals surface area contributed by atoms with Gasteiger partial charge in [-0.2, -0.15) is 0 Å². The summed E-state index contributed by atoms with van der Waals surface area (Å²) in [5, 5.41) is 6.65. The Balaban J connectivity index is 1.48. The van der Waals surface area contributed by atoms with Crippen LogP contribution < -0.4 is 10.6 Å². The molecular formula is C18H22N4O2S. The molecule has 1 aromatic carbocycles. The lowest BCUT2D eigenvalue weighted by Crippen LogP contribution is -2.33. The molecule has 3 rings (SSSR count). The van der Waals surface area contributed by atoms with Gasteiger partial charge >= 0.3 is 0 Å². The minimum absolute atomic E-state index is 0.0670. The Morgan fingerprint density at radius 3 is 2.64 bits per heavy atom. The predicted octanol–water partition coefficient (Wildman–Crippen LogP) is 2.68. The maximum atomic E-state index is 12.2. The second-order valence-corrected chi connectivity index (χ2v) is 7.28. The number of aromatic nitrogens is 2. The fourth-order valence-corrected chi connectivity index (χ4v) is 3.26. The van der Waals surface area contributed by atoms with Crippen LogP contribution in [-0.2, 0) is 11.8 Å². The Morgan fingerprint density at radius 1 is 1.32 bits per heavy atom. The molecule has 1 aliphatic rings. The van der Waals surface area contributed by atoms with Crippen LogP contribution in [0.2, 0.25) is 0 Å². The minimum atomic E-state index is -0.104. The lowest BCUT2D eigenvalue weighted by molar-refractivity contribution is -0.113. The number of carbonyl (C=O) groups excluding carboxylic acids is 2. The van der Waals surface area contributed by atoms with Crippen molar-refractivity contribution >= 4 is 29.3 Å². The maximum Gasteiger partial charge on any atom is 0.251 e. The molecule has 0 radical (unpaired) electrons. The summed E-state index contributed by atoms with van der Waals surface area (Å²) in [6.07, 6.45) is 5.94. The van der Waals surface area contributed by atoms with E-state index in [4.69, 9.17) is 0 Å². The normalized spacial score (nSPS) is 14.8. The predicted molar refractivity (Wildman–Crippen MR) is 98.7 cm³/mol. The molecular weight excluding hydrogens is 336 g/mol. The third-order valence-electron chi connectivity index (χ3n) is 4.23. The zero-order valence-corrected chi connectivity index (χ0v) is 15.2. The maximum absolute atomic E-state index is 12.2. The number of benzene rings is 1. The van der Waals surface area contributed by atoms with Gasteiger partial charge in [-0.15, -0.1) is 0 Å². The molecule has 1 heterocycles. The van der Waals surface area contributed by atoms with Crippen LogP contribution in [-0.4, -0.2) is 33.2 Å². The monoisotopic (exact) mass is 358 g/mol. The summed E-state index contributed by atoms with van der Waals surface area (Å²) in [4.78, 5) is 28.4. The quantitative estimate of drug-likeness (QED) is 0.746. The number of nitrogens with zero attached hydrogens (tertiary/aromatic N) is 2. The van der Waals surface area contributed by atoms with Gasteiger partial charge in [0.1, 0.15) is 0 Å². The van der Waals surface area contributed by atoms with Crippen molar-refractivity contribution in [2.45, 2.75) is 31.0 Å². The van der Waals surface area contributed by atoms with Crippen molar-refractivity contribution in [3.05, 3.63) is 42.2 Å². The molecule has 1 aromatic heterocycles. The van der Waals surface area contributed by atoms with E-state index in [-0.39, 0.29) is 23.6 Å². The Bertz CT molecular complexity index is 753. The second kappa shape index (κ2) is 7.74. The molecule has 2 N–H and O–H groups in total. The van der Waals surface area contributed by atoms with Gasteiger partial charge < -0.3 is 15.2 Å². The summed E-state index contributed by atoms with van der Waals surface area (Å²) >= 11 is 1.38. The van der Waals surface area contributed by atoms with Gasteiger partial charge in [0.15, 0.2) is 5.16 Å². The first kappa shape index (κ1) is 17.5. The summed E-state index contributed by atoms with van der Waals surface area (Å²) in [6.45, 7) is 2.05. The molecule has 7 heteroatoms. The van der Waals surface area contributed by atoms with Gasteiger partial charge in [0.25, 0.3) is 5.91 Å². The minimum Gasteiger partial charge on any atom is -0.349 e. The van der Waals surface area contributed by atoms with Gasteiger partial charge in [0, 0.05) is 36.7 Å². The van der Waals surface area contributed by atoms with E-state index in [1.807, 2.05) is 24.7 Å². The van der Waals surface area contributed by atoms with E-state index in [2.05, 4.69) is 15.6 Å². The molecule has 0 unspecified atom stereocenters. The Labute approximate surface area is 151 Å². The first-order valence-corrected chi connectivity index (χ1v) is 9.32. The van der Waals surface area contributed by atoms with Crippen LogP contribution in [0.25, 0.3) is 0 Å². The van der Waals surface area contributed by atoms with Crippen LogP contribution in [0.3, 0.4) is 0 Å². The largest absolute Gasteiger partial charge is 0.349 e. The Morgan fingerprint density at radius 2 is 2.04 bits per heavy atom. The third-order valence-corrected chi connectivity index (χ3v) is 5.29. The van der Waals surface area contributed by atoms with Crippen molar-refractivity contribution < 1.29 is 9.59 Å². The smallest absolute Gasteiger partial charge is 0.251 e. The van der Waals surface area contributed by atoms with Crippen LogP contribution in [0.1, 0.15) is 30.1 Å². The zero-order valence-electron chi connectivity index (χ0n) is 14.4. The van der Waals surface area contributed by atoms with Gasteiger partial charge in [-0.05, 0) is 49.9 Å². The van der Waals surface area contributed by atoms with Crippen LogP contribution in [0, 0.1) is 5.92 Å². The molecule has 1 fully saturated rings. The second-order valence-electron chi connectivity index (χ2n) is 6.33. The lowest BCUT2D eigenvalue weighted by atomic mass is 10.1. The number of carbonyl (C=O) groups is 2. The summed E-state index contributed by atoms with van der Waals surface area (Å²) in [7, 11) is 1.89. The molecule has 132 valence electrons. The highest BCUT2D eigenvalue weighted by atomic mass is 32.2. The van der Waals surface area contributed by atoms with E-state index < -0.39 is 0 Å². The third kappa shape index (κ3) is 4.85. The van der Waals surface area contributed by atoms with Gasteiger partial charge in [0.05, 0.1) is 5.75 Å². The number of imidazole rings is 1. The van der Waals surface area contributed by atoms with E-state index in [9.17, 15) is 9.59 Å². The van der Waals surface area contributed by atoms with Crippen molar-refractivity contribution in [1.82, 2.24) is 14.9 Å². The summed E-state index contributed by atoms with van der Waals surface area (Å²) in [6, 6.07) is 7.18. The van der Waals surface area contributed by atoms with Crippen LogP contribution in [0.5, 0.6) is 0 Å². The molecule has 1 atom stereocenters. The average molecular weight is 358 g/mol. The number of amides is 2. The van der Waals surface area contributed by atoms with Crippen molar-refractivity contribution in [2.75, 3.05) is 11.1 Å². The number of aryl methyl sites for hydroxylation is 1. The highest BCUT2D eigenvalue weighted by Gasteiger charge is 2.29. The van der Waals surface area contributed by atoms with Crippen LogP contribution in [0.15, 0.2) is 41.8 Å². The van der Waals surface area contributed by atoms with Gasteiger partial charge in [-0.1, -0.05) is 11.8 Å². The van der Waals surface area contributed by atoms with Gasteiger partial charge in [-0.25, -0.2) is 4.98 Å². The SMILES string of the molecule is C[C@H](NC(=O)c1ccc(NC(=O)CSc2nccn2C)cc1)C1CC1. The van der Waals surface area contributed by atoms with Crippen LogP contribution in [0.4, 0.5) is 5.69 Å². The number of anilines is 1. The molecule has 0 spiro atoms. The Kier molecular flexibility index (Phi) is 5.43. The number of rotatable bonds is 7. The molecule has 0 aliphatic heterocycles. The molecule has 25 heavy (non-hydrogen) atoms. The number of nitrogens with one attached hydrogen (secondary N) is 2. The van der Waals surface area contributed by atoms with Crippen molar-refractivity contribution in [3.63, 3.8) is 0 Å². The van der Waals surface area contributed by atoms with Crippen molar-refractivity contribution in [3.8, 4) is 0 Å². The fourth-order valence-electron chi connectivity index (χ4n) is 2.53. The molecule has 2 aromatic rings. The molecule has 0 bridgehead atoms. The lowest BCUT2D eigenvalue weighted by Gasteiger charge is -2.13. The summed E-state index contributed by atoms with van der Waals surface area (Å²) < 4.78 is 1.87. The van der Waals surface area contributed by atoms with Crippen molar-refractivity contribution in [2.24, 2.45) is 13.0 Å². The Hall–Kier alpha value is -2.28. The summed E-state index contributed by atoms with van der Waals surface area (Å²) in [5.41, 5.74) is 1.28.